The molecule has 1 saturated carbocycles. The monoisotopic (exact) mass is 426 g/mol. The third-order valence-corrected chi connectivity index (χ3v) is 5.69. The lowest BCUT2D eigenvalue weighted by Crippen LogP contribution is -2.32. The van der Waals surface area contributed by atoms with Crippen LogP contribution < -0.4 is 5.32 Å². The molecule has 1 aromatic carbocycles. The van der Waals surface area contributed by atoms with E-state index in [-0.39, 0.29) is 6.04 Å². The minimum atomic E-state index is -4.31. The van der Waals surface area contributed by atoms with Crippen molar-refractivity contribution in [1.29, 1.82) is 0 Å². The maximum absolute atomic E-state index is 12.6. The minimum Gasteiger partial charge on any atom is -0.380 e. The van der Waals surface area contributed by atoms with Crippen LogP contribution in [-0.2, 0) is 12.7 Å². The van der Waals surface area contributed by atoms with Crippen LogP contribution in [0.2, 0.25) is 0 Å². The molecule has 4 rings (SSSR count). The minimum absolute atomic E-state index is 0.182. The van der Waals surface area contributed by atoms with Crippen molar-refractivity contribution in [3.8, 4) is 0 Å². The Balaban J connectivity index is 1.39. The first-order valence-electron chi connectivity index (χ1n) is 8.60. The van der Waals surface area contributed by atoms with Gasteiger partial charge in [0.2, 0.25) is 0 Å². The second-order valence-electron chi connectivity index (χ2n) is 6.87. The van der Waals surface area contributed by atoms with Crippen LogP contribution in [0.4, 0.5) is 13.2 Å². The van der Waals surface area contributed by atoms with Gasteiger partial charge >= 0.3 is 6.18 Å². The highest BCUT2D eigenvalue weighted by Crippen LogP contribution is 2.39. The molecule has 0 spiro atoms. The van der Waals surface area contributed by atoms with Gasteiger partial charge in [-0.15, -0.1) is 5.11 Å². The maximum atomic E-state index is 12.6. The molecule has 8 heteroatoms. The summed E-state index contributed by atoms with van der Waals surface area (Å²) in [5, 5.41) is 14.0. The Morgan fingerprint density at radius 3 is 2.58 bits per heavy atom. The number of nitrogens with zero attached hydrogens (tertiary/aromatic N) is 3. The fourth-order valence-corrected chi connectivity index (χ4v) is 3.79. The van der Waals surface area contributed by atoms with Gasteiger partial charge in [0.25, 0.3) is 0 Å². The molecule has 2 aliphatic carbocycles. The SMILES string of the molecule is FC(F)(F)c1ccc(CNC2=CCC3C(=C2Br)N=NN3CC2CC2)cc1. The molecule has 0 amide bonds. The molecule has 138 valence electrons. The predicted octanol–water partition coefficient (Wildman–Crippen LogP) is 5.15. The van der Waals surface area contributed by atoms with Crippen molar-refractivity contribution < 1.29 is 13.2 Å². The van der Waals surface area contributed by atoms with Gasteiger partial charge in [0, 0.05) is 18.8 Å². The number of benzene rings is 1. The zero-order chi connectivity index (χ0) is 18.3. The molecule has 1 aliphatic heterocycles. The van der Waals surface area contributed by atoms with E-state index < -0.39 is 11.7 Å². The van der Waals surface area contributed by atoms with Gasteiger partial charge in [0.1, 0.15) is 5.70 Å². The summed E-state index contributed by atoms with van der Waals surface area (Å²) in [5.74, 6) is 0.746. The summed E-state index contributed by atoms with van der Waals surface area (Å²) >= 11 is 3.60. The Morgan fingerprint density at radius 1 is 1.19 bits per heavy atom. The molecule has 1 heterocycles. The predicted molar refractivity (Wildman–Crippen MR) is 95.0 cm³/mol. The molecule has 1 N–H and O–H groups in total. The van der Waals surface area contributed by atoms with Crippen LogP contribution in [0.25, 0.3) is 0 Å². The smallest absolute Gasteiger partial charge is 0.380 e. The van der Waals surface area contributed by atoms with Crippen molar-refractivity contribution in [2.24, 2.45) is 16.3 Å². The van der Waals surface area contributed by atoms with Crippen LogP contribution in [-0.4, -0.2) is 17.6 Å². The van der Waals surface area contributed by atoms with Gasteiger partial charge < -0.3 is 5.32 Å². The first-order chi connectivity index (χ1) is 12.4. The van der Waals surface area contributed by atoms with E-state index in [2.05, 4.69) is 42.7 Å². The zero-order valence-electron chi connectivity index (χ0n) is 13.9. The number of halogens is 4. The van der Waals surface area contributed by atoms with Gasteiger partial charge in [-0.05, 0) is 58.8 Å². The van der Waals surface area contributed by atoms with Gasteiger partial charge in [-0.1, -0.05) is 23.4 Å². The van der Waals surface area contributed by atoms with Gasteiger partial charge in [0.05, 0.1) is 16.1 Å². The third-order valence-electron chi connectivity index (χ3n) is 4.86. The number of rotatable bonds is 5. The van der Waals surface area contributed by atoms with Crippen LogP contribution in [0.15, 0.2) is 56.6 Å². The number of allylic oxidation sites excluding steroid dienone is 1. The Hall–Kier alpha value is -1.83. The lowest BCUT2D eigenvalue weighted by Gasteiger charge is -2.26. The van der Waals surface area contributed by atoms with E-state index in [4.69, 9.17) is 0 Å². The highest BCUT2D eigenvalue weighted by molar-refractivity contribution is 9.12. The van der Waals surface area contributed by atoms with Gasteiger partial charge in [-0.2, -0.15) is 13.2 Å². The molecule has 3 aliphatic rings. The van der Waals surface area contributed by atoms with Crippen molar-refractivity contribution in [3.63, 3.8) is 0 Å². The van der Waals surface area contributed by atoms with E-state index in [9.17, 15) is 13.2 Å². The molecular weight excluding hydrogens is 409 g/mol. The summed E-state index contributed by atoms with van der Waals surface area (Å²) in [6, 6.07) is 5.39. The normalized spacial score (nSPS) is 22.5. The van der Waals surface area contributed by atoms with Gasteiger partial charge in [0.15, 0.2) is 0 Å². The highest BCUT2D eigenvalue weighted by Gasteiger charge is 2.36. The maximum Gasteiger partial charge on any atom is 0.416 e. The number of hydrogen-bond acceptors (Lipinski definition) is 4. The van der Waals surface area contributed by atoms with Crippen LogP contribution in [0, 0.1) is 5.92 Å². The van der Waals surface area contributed by atoms with E-state index in [1.54, 1.807) is 0 Å². The van der Waals surface area contributed by atoms with Crippen molar-refractivity contribution in [2.75, 3.05) is 6.54 Å². The molecule has 0 saturated heterocycles. The summed E-state index contributed by atoms with van der Waals surface area (Å²) in [6.07, 6.45) is 1.15. The van der Waals surface area contributed by atoms with Crippen LogP contribution in [0.3, 0.4) is 0 Å². The van der Waals surface area contributed by atoms with E-state index in [0.717, 1.165) is 52.5 Å². The fraction of sp³-hybridized carbons (Fsp3) is 0.444. The second-order valence-corrected chi connectivity index (χ2v) is 7.66. The molecule has 26 heavy (non-hydrogen) atoms. The molecule has 1 atom stereocenters. The molecular formula is C18H18BrF3N4. The quantitative estimate of drug-likeness (QED) is 0.706. The third kappa shape index (κ3) is 3.65. The summed E-state index contributed by atoms with van der Waals surface area (Å²) in [4.78, 5) is 0. The van der Waals surface area contributed by atoms with Crippen molar-refractivity contribution >= 4 is 15.9 Å². The van der Waals surface area contributed by atoms with Crippen LogP contribution >= 0.6 is 15.9 Å². The number of alkyl halides is 3. The van der Waals surface area contributed by atoms with Crippen molar-refractivity contribution in [1.82, 2.24) is 10.3 Å². The summed E-state index contributed by atoms with van der Waals surface area (Å²) in [5.41, 5.74) is 1.98. The molecule has 0 radical (unpaired) electrons. The number of hydrogen-bond donors (Lipinski definition) is 1. The largest absolute Gasteiger partial charge is 0.416 e. The lowest BCUT2D eigenvalue weighted by molar-refractivity contribution is -0.137. The van der Waals surface area contributed by atoms with Gasteiger partial charge in [-0.25, -0.2) is 0 Å². The average molecular weight is 427 g/mol. The summed E-state index contributed by atoms with van der Waals surface area (Å²) in [6.45, 7) is 1.40. The Kier molecular flexibility index (Phi) is 4.54. The molecule has 1 unspecified atom stereocenters. The lowest BCUT2D eigenvalue weighted by atomic mass is 10.0. The average Bonchev–Trinajstić information content (AvgIpc) is 3.33. The van der Waals surface area contributed by atoms with Crippen molar-refractivity contribution in [3.05, 3.63) is 57.3 Å². The summed E-state index contributed by atoms with van der Waals surface area (Å²) in [7, 11) is 0. The topological polar surface area (TPSA) is 40.0 Å². The standard InChI is InChI=1S/C18H18BrF3N4/c19-16-14(23-9-11-3-5-13(6-4-11)18(20,21)22)7-8-15-17(16)24-25-26(15)10-12-1-2-12/h3-7,12,15,23H,1-2,8-10H2. The fourth-order valence-electron chi connectivity index (χ4n) is 3.14. The molecule has 0 aromatic heterocycles. The zero-order valence-corrected chi connectivity index (χ0v) is 15.5. The van der Waals surface area contributed by atoms with E-state index in [1.165, 1.54) is 25.0 Å². The van der Waals surface area contributed by atoms with Crippen molar-refractivity contribution in [2.45, 2.75) is 38.0 Å². The van der Waals surface area contributed by atoms with Crippen LogP contribution in [0.5, 0.6) is 0 Å². The molecule has 0 bridgehead atoms. The van der Waals surface area contributed by atoms with Crippen LogP contribution in [0.1, 0.15) is 30.4 Å². The highest BCUT2D eigenvalue weighted by atomic mass is 79.9. The van der Waals surface area contributed by atoms with E-state index in [1.807, 2.05) is 0 Å². The Morgan fingerprint density at radius 2 is 1.92 bits per heavy atom. The first-order valence-corrected chi connectivity index (χ1v) is 9.39. The Bertz CT molecular complexity index is 779. The van der Waals surface area contributed by atoms with Gasteiger partial charge in [-0.3, -0.25) is 5.01 Å². The Labute approximate surface area is 158 Å². The first kappa shape index (κ1) is 17.6. The number of fused-ring (bicyclic) bond motifs is 1. The number of nitrogens with one attached hydrogen (secondary N) is 1. The second kappa shape index (κ2) is 6.72. The van der Waals surface area contributed by atoms with E-state index in [0.29, 0.717) is 6.54 Å². The molecule has 4 nitrogen and oxygen atoms in total. The summed E-state index contributed by atoms with van der Waals surface area (Å²) < 4.78 is 38.8. The van der Waals surface area contributed by atoms with E-state index >= 15 is 0 Å². The molecule has 1 fully saturated rings. The molecule has 1 aromatic rings.